The summed E-state index contributed by atoms with van der Waals surface area (Å²) in [5.74, 6) is -0.749. The predicted octanol–water partition coefficient (Wildman–Crippen LogP) is 2.80. The van der Waals surface area contributed by atoms with Crippen LogP contribution < -0.4 is 0 Å². The van der Waals surface area contributed by atoms with Gasteiger partial charge in [0.1, 0.15) is 12.7 Å². The largest absolute Gasteiger partial charge is 0.463 e. The van der Waals surface area contributed by atoms with Crippen molar-refractivity contribution in [2.75, 3.05) is 19.0 Å². The third-order valence-corrected chi connectivity index (χ3v) is 6.14. The van der Waals surface area contributed by atoms with Crippen molar-refractivity contribution in [2.24, 2.45) is 0 Å². The SMILES string of the molecule is CC(=O)OC[C@H]1OC(OCCCCSCc2ccccc2)[C@H](OC(C)=O)[C@@H](OC(C)=O)[C@@H]1OC(C)=O. The van der Waals surface area contributed by atoms with Crippen LogP contribution in [-0.4, -0.2) is 73.5 Å². The first-order chi connectivity index (χ1) is 17.2. The molecule has 0 aromatic heterocycles. The van der Waals surface area contributed by atoms with Crippen LogP contribution in [0.15, 0.2) is 30.3 Å². The van der Waals surface area contributed by atoms with Gasteiger partial charge in [-0.1, -0.05) is 30.3 Å². The van der Waals surface area contributed by atoms with Gasteiger partial charge in [-0.15, -0.1) is 0 Å². The van der Waals surface area contributed by atoms with Crippen molar-refractivity contribution >= 4 is 35.6 Å². The summed E-state index contributed by atoms with van der Waals surface area (Å²) in [6.45, 7) is 4.76. The van der Waals surface area contributed by atoms with Gasteiger partial charge in [0.2, 0.25) is 0 Å². The molecule has 0 bridgehead atoms. The molecule has 1 aromatic rings. The summed E-state index contributed by atoms with van der Waals surface area (Å²) in [6, 6.07) is 10.2. The Bertz CT molecular complexity index is 862. The van der Waals surface area contributed by atoms with Crippen LogP contribution in [0, 0.1) is 0 Å². The molecule has 0 amide bonds. The predicted molar refractivity (Wildman–Crippen MR) is 130 cm³/mol. The lowest BCUT2D eigenvalue weighted by molar-refractivity contribution is -0.308. The Labute approximate surface area is 215 Å². The van der Waals surface area contributed by atoms with E-state index >= 15 is 0 Å². The molecule has 0 saturated carbocycles. The fraction of sp³-hybridized carbons (Fsp3) is 0.600. The van der Waals surface area contributed by atoms with E-state index in [0.29, 0.717) is 6.42 Å². The minimum absolute atomic E-state index is 0.277. The van der Waals surface area contributed by atoms with Crippen molar-refractivity contribution in [3.8, 4) is 0 Å². The highest BCUT2D eigenvalue weighted by Gasteiger charge is 2.52. The molecule has 1 saturated heterocycles. The van der Waals surface area contributed by atoms with Crippen LogP contribution in [0.2, 0.25) is 0 Å². The zero-order valence-electron chi connectivity index (χ0n) is 21.0. The second-order valence-corrected chi connectivity index (χ2v) is 9.29. The minimum Gasteiger partial charge on any atom is -0.463 e. The molecule has 1 heterocycles. The molecule has 11 heteroatoms. The van der Waals surface area contributed by atoms with Gasteiger partial charge in [0.05, 0.1) is 0 Å². The molecule has 2 rings (SSSR count). The molecule has 36 heavy (non-hydrogen) atoms. The summed E-state index contributed by atoms with van der Waals surface area (Å²) in [6.07, 6.45) is -4.18. The number of ether oxygens (including phenoxy) is 6. The first-order valence-corrected chi connectivity index (χ1v) is 12.9. The highest BCUT2D eigenvalue weighted by Crippen LogP contribution is 2.30. The standard InChI is InChI=1S/C25H34O10S/c1-16(26)31-14-21-22(32-17(2)27)23(33-18(3)28)24(34-19(4)29)25(35-21)30-12-8-9-13-36-15-20-10-6-5-7-11-20/h5-7,10-11,21-25H,8-9,12-15H2,1-4H3/t21-,22-,23+,24-,25?/m1/s1. The van der Waals surface area contributed by atoms with Gasteiger partial charge in [-0.25, -0.2) is 0 Å². The van der Waals surface area contributed by atoms with Crippen LogP contribution in [0.5, 0.6) is 0 Å². The van der Waals surface area contributed by atoms with E-state index in [9.17, 15) is 19.2 Å². The van der Waals surface area contributed by atoms with Crippen LogP contribution in [0.1, 0.15) is 46.1 Å². The van der Waals surface area contributed by atoms with Crippen molar-refractivity contribution in [1.82, 2.24) is 0 Å². The first-order valence-electron chi connectivity index (χ1n) is 11.7. The van der Waals surface area contributed by atoms with E-state index in [2.05, 4.69) is 12.1 Å². The van der Waals surface area contributed by atoms with E-state index in [1.165, 1.54) is 33.3 Å². The molecule has 0 N–H and O–H groups in total. The lowest BCUT2D eigenvalue weighted by atomic mass is 9.98. The Morgan fingerprint density at radius 1 is 0.806 bits per heavy atom. The quantitative estimate of drug-likeness (QED) is 0.214. The second-order valence-electron chi connectivity index (χ2n) is 8.18. The molecular formula is C25H34O10S. The Morgan fingerprint density at radius 2 is 1.42 bits per heavy atom. The average molecular weight is 527 g/mol. The fourth-order valence-electron chi connectivity index (χ4n) is 3.59. The molecule has 5 atom stereocenters. The Kier molecular flexibility index (Phi) is 12.7. The molecule has 1 aromatic carbocycles. The van der Waals surface area contributed by atoms with Gasteiger partial charge in [0.15, 0.2) is 24.6 Å². The number of hydrogen-bond donors (Lipinski definition) is 0. The highest BCUT2D eigenvalue weighted by atomic mass is 32.2. The van der Waals surface area contributed by atoms with Crippen molar-refractivity contribution in [2.45, 2.75) is 77.0 Å². The molecule has 10 nitrogen and oxygen atoms in total. The minimum atomic E-state index is -1.23. The maximum absolute atomic E-state index is 11.8. The number of rotatable bonds is 13. The van der Waals surface area contributed by atoms with Gasteiger partial charge in [-0.2, -0.15) is 11.8 Å². The van der Waals surface area contributed by atoms with Crippen molar-refractivity contribution in [3.05, 3.63) is 35.9 Å². The van der Waals surface area contributed by atoms with Crippen molar-refractivity contribution in [3.63, 3.8) is 0 Å². The van der Waals surface area contributed by atoms with Crippen molar-refractivity contribution in [1.29, 1.82) is 0 Å². The van der Waals surface area contributed by atoms with Crippen LogP contribution in [0.3, 0.4) is 0 Å². The number of unbranched alkanes of at least 4 members (excludes halogenated alkanes) is 1. The molecule has 1 fully saturated rings. The third-order valence-electron chi connectivity index (χ3n) is 5.02. The van der Waals surface area contributed by atoms with Gasteiger partial charge in [0.25, 0.3) is 0 Å². The molecule has 0 aliphatic carbocycles. The summed E-state index contributed by atoms with van der Waals surface area (Å²) in [5, 5.41) is 0. The van der Waals surface area contributed by atoms with Gasteiger partial charge in [-0.3, -0.25) is 19.2 Å². The van der Waals surface area contributed by atoms with Gasteiger partial charge >= 0.3 is 23.9 Å². The third kappa shape index (κ3) is 10.5. The normalized spacial score (nSPS) is 23.4. The Morgan fingerprint density at radius 3 is 2.03 bits per heavy atom. The summed E-state index contributed by atoms with van der Waals surface area (Å²) in [7, 11) is 0. The molecule has 1 unspecified atom stereocenters. The zero-order chi connectivity index (χ0) is 26.5. The first kappa shape index (κ1) is 29.6. The number of carbonyl (C=O) groups is 4. The van der Waals surface area contributed by atoms with Crippen LogP contribution in [0.4, 0.5) is 0 Å². The Balaban J connectivity index is 2.03. The number of benzene rings is 1. The maximum Gasteiger partial charge on any atom is 0.303 e. The molecule has 200 valence electrons. The van der Waals surface area contributed by atoms with E-state index in [4.69, 9.17) is 28.4 Å². The molecule has 0 radical (unpaired) electrons. The number of thioether (sulfide) groups is 1. The summed E-state index contributed by atoms with van der Waals surface area (Å²) in [4.78, 5) is 46.8. The molecule has 0 spiro atoms. The van der Waals surface area contributed by atoms with Crippen molar-refractivity contribution < 1.29 is 47.6 Å². The summed E-state index contributed by atoms with van der Waals surface area (Å²) < 4.78 is 33.0. The van der Waals surface area contributed by atoms with Crippen LogP contribution in [-0.2, 0) is 53.4 Å². The molecule has 1 aliphatic heterocycles. The highest BCUT2D eigenvalue weighted by molar-refractivity contribution is 7.98. The lowest BCUT2D eigenvalue weighted by Crippen LogP contribution is -2.63. The van der Waals surface area contributed by atoms with Crippen LogP contribution in [0.25, 0.3) is 0 Å². The maximum atomic E-state index is 11.8. The lowest BCUT2D eigenvalue weighted by Gasteiger charge is -2.44. The fourth-order valence-corrected chi connectivity index (χ4v) is 4.57. The van der Waals surface area contributed by atoms with E-state index in [1.54, 1.807) is 0 Å². The van der Waals surface area contributed by atoms with Gasteiger partial charge < -0.3 is 28.4 Å². The second kappa shape index (κ2) is 15.5. The Hall–Kier alpha value is -2.63. The monoisotopic (exact) mass is 526 g/mol. The van der Waals surface area contributed by atoms with Gasteiger partial charge in [0, 0.05) is 40.1 Å². The number of esters is 4. The number of carbonyl (C=O) groups excluding carboxylic acids is 4. The van der Waals surface area contributed by atoms with E-state index in [-0.39, 0.29) is 13.2 Å². The van der Waals surface area contributed by atoms with Gasteiger partial charge in [-0.05, 0) is 24.2 Å². The molecular weight excluding hydrogens is 492 g/mol. The smallest absolute Gasteiger partial charge is 0.303 e. The van der Waals surface area contributed by atoms with E-state index < -0.39 is 54.6 Å². The summed E-state index contributed by atoms with van der Waals surface area (Å²) >= 11 is 1.81. The van der Waals surface area contributed by atoms with Crippen LogP contribution >= 0.6 is 11.8 Å². The number of hydrogen-bond acceptors (Lipinski definition) is 11. The van der Waals surface area contributed by atoms with E-state index in [0.717, 1.165) is 17.9 Å². The summed E-state index contributed by atoms with van der Waals surface area (Å²) in [5.41, 5.74) is 1.26. The molecule has 1 aliphatic rings. The zero-order valence-corrected chi connectivity index (χ0v) is 21.8. The average Bonchev–Trinajstić information content (AvgIpc) is 2.80. The van der Waals surface area contributed by atoms with E-state index in [1.807, 2.05) is 30.0 Å². The topological polar surface area (TPSA) is 124 Å².